The molecule has 24 heavy (non-hydrogen) atoms. The second kappa shape index (κ2) is 8.45. The van der Waals surface area contributed by atoms with Crippen LogP contribution in [0.5, 0.6) is 0 Å². The van der Waals surface area contributed by atoms with Crippen molar-refractivity contribution >= 4 is 22.9 Å². The molecule has 0 amide bonds. The van der Waals surface area contributed by atoms with Crippen molar-refractivity contribution in [2.24, 2.45) is 0 Å². The number of hydrogen-bond donors (Lipinski definition) is 0. The summed E-state index contributed by atoms with van der Waals surface area (Å²) in [5.41, 5.74) is 2.85. The predicted octanol–water partition coefficient (Wildman–Crippen LogP) is 6.69. The Morgan fingerprint density at radius 2 is 1.79 bits per heavy atom. The Morgan fingerprint density at radius 1 is 1.08 bits per heavy atom. The summed E-state index contributed by atoms with van der Waals surface area (Å²) >= 11 is 7.81. The van der Waals surface area contributed by atoms with E-state index in [1.165, 1.54) is 5.01 Å². The maximum absolute atomic E-state index is 6.07. The third kappa shape index (κ3) is 4.92. The standard InChI is InChI=1S/C12H12ClNO.C7H11NS/c1-8(2)12-7-11(14-15-12)9-5-3-4-6-10(9)13;1-5(2)7-8-6(3)4-9-7/h3-8H,1-2H3;4-5H,1-3H3. The van der Waals surface area contributed by atoms with Gasteiger partial charge in [0.05, 0.1) is 10.0 Å². The highest BCUT2D eigenvalue weighted by Crippen LogP contribution is 2.28. The molecule has 0 N–H and O–H groups in total. The number of nitrogens with zero attached hydrogens (tertiary/aromatic N) is 2. The second-order valence-corrected chi connectivity index (χ2v) is 7.53. The van der Waals surface area contributed by atoms with Gasteiger partial charge in [-0.3, -0.25) is 0 Å². The van der Waals surface area contributed by atoms with E-state index in [0.717, 1.165) is 22.7 Å². The number of aromatic nitrogens is 2. The molecule has 2 heterocycles. The van der Waals surface area contributed by atoms with E-state index < -0.39 is 0 Å². The Bertz CT molecular complexity index is 777. The Balaban J connectivity index is 0.000000198. The molecule has 2 aromatic heterocycles. The van der Waals surface area contributed by atoms with Crippen molar-refractivity contribution in [3.8, 4) is 11.3 Å². The van der Waals surface area contributed by atoms with Crippen LogP contribution >= 0.6 is 22.9 Å². The highest BCUT2D eigenvalue weighted by Gasteiger charge is 2.11. The highest BCUT2D eigenvalue weighted by atomic mass is 35.5. The molecule has 0 unspecified atom stereocenters. The number of rotatable bonds is 3. The molecule has 0 saturated carbocycles. The van der Waals surface area contributed by atoms with Crippen LogP contribution in [-0.4, -0.2) is 10.1 Å². The van der Waals surface area contributed by atoms with E-state index in [0.29, 0.717) is 16.9 Å². The summed E-state index contributed by atoms with van der Waals surface area (Å²) in [7, 11) is 0. The molecule has 0 aliphatic rings. The summed E-state index contributed by atoms with van der Waals surface area (Å²) in [6, 6.07) is 9.55. The molecule has 5 heteroatoms. The summed E-state index contributed by atoms with van der Waals surface area (Å²) in [5.74, 6) is 1.81. The SMILES string of the molecule is CC(C)c1cc(-c2ccccc2Cl)no1.Cc1csc(C(C)C)n1. The van der Waals surface area contributed by atoms with Gasteiger partial charge in [0, 0.05) is 34.5 Å². The number of aryl methyl sites for hydroxylation is 1. The predicted molar refractivity (Wildman–Crippen MR) is 102 cm³/mol. The molecule has 0 bridgehead atoms. The molecule has 3 aromatic rings. The Hall–Kier alpha value is -1.65. The van der Waals surface area contributed by atoms with Gasteiger partial charge in [-0.15, -0.1) is 11.3 Å². The second-order valence-electron chi connectivity index (χ2n) is 6.23. The molecule has 3 nitrogen and oxygen atoms in total. The van der Waals surface area contributed by atoms with Crippen LogP contribution in [0.3, 0.4) is 0 Å². The fourth-order valence-electron chi connectivity index (χ4n) is 1.99. The molecule has 0 aliphatic heterocycles. The smallest absolute Gasteiger partial charge is 0.139 e. The van der Waals surface area contributed by atoms with Gasteiger partial charge in [-0.05, 0) is 13.0 Å². The van der Waals surface area contributed by atoms with Crippen LogP contribution in [-0.2, 0) is 0 Å². The fraction of sp³-hybridized carbons (Fsp3) is 0.368. The van der Waals surface area contributed by atoms with Crippen molar-refractivity contribution < 1.29 is 4.52 Å². The van der Waals surface area contributed by atoms with Crippen molar-refractivity contribution in [2.75, 3.05) is 0 Å². The van der Waals surface area contributed by atoms with Crippen LogP contribution in [0.1, 0.15) is 56.0 Å². The normalized spacial score (nSPS) is 10.8. The molecular weight excluding hydrogens is 340 g/mol. The lowest BCUT2D eigenvalue weighted by Gasteiger charge is -1.97. The monoisotopic (exact) mass is 362 g/mol. The highest BCUT2D eigenvalue weighted by molar-refractivity contribution is 7.09. The zero-order valence-corrected chi connectivity index (χ0v) is 16.3. The first kappa shape index (κ1) is 18.7. The van der Waals surface area contributed by atoms with Crippen molar-refractivity contribution in [3.05, 3.63) is 57.2 Å². The molecule has 1 aromatic carbocycles. The van der Waals surface area contributed by atoms with Crippen LogP contribution in [0.4, 0.5) is 0 Å². The lowest BCUT2D eigenvalue weighted by atomic mass is 10.1. The zero-order valence-electron chi connectivity index (χ0n) is 14.7. The average Bonchev–Trinajstić information content (AvgIpc) is 3.17. The van der Waals surface area contributed by atoms with Gasteiger partial charge < -0.3 is 4.52 Å². The first-order valence-electron chi connectivity index (χ1n) is 8.02. The van der Waals surface area contributed by atoms with Gasteiger partial charge in [0.25, 0.3) is 0 Å². The molecule has 0 aliphatic carbocycles. The summed E-state index contributed by atoms with van der Waals surface area (Å²) in [6.07, 6.45) is 0. The third-order valence-electron chi connectivity index (χ3n) is 3.38. The van der Waals surface area contributed by atoms with Crippen LogP contribution in [0, 0.1) is 6.92 Å². The average molecular weight is 363 g/mol. The molecule has 0 saturated heterocycles. The number of hydrogen-bond acceptors (Lipinski definition) is 4. The van der Waals surface area contributed by atoms with Crippen LogP contribution < -0.4 is 0 Å². The van der Waals surface area contributed by atoms with E-state index in [2.05, 4.69) is 43.2 Å². The number of benzene rings is 1. The molecule has 3 rings (SSSR count). The Morgan fingerprint density at radius 3 is 2.25 bits per heavy atom. The largest absolute Gasteiger partial charge is 0.361 e. The molecule has 0 spiro atoms. The van der Waals surface area contributed by atoms with E-state index in [4.69, 9.17) is 16.1 Å². The lowest BCUT2D eigenvalue weighted by Crippen LogP contribution is -1.83. The van der Waals surface area contributed by atoms with Gasteiger partial charge in [-0.2, -0.15) is 0 Å². The molecule has 0 fully saturated rings. The fourth-order valence-corrected chi connectivity index (χ4v) is 3.04. The summed E-state index contributed by atoms with van der Waals surface area (Å²) in [5, 5.41) is 8.04. The van der Waals surface area contributed by atoms with Gasteiger partial charge >= 0.3 is 0 Å². The van der Waals surface area contributed by atoms with E-state index in [9.17, 15) is 0 Å². The zero-order chi connectivity index (χ0) is 17.7. The van der Waals surface area contributed by atoms with Crippen molar-refractivity contribution in [1.82, 2.24) is 10.1 Å². The summed E-state index contributed by atoms with van der Waals surface area (Å²) in [4.78, 5) is 4.33. The summed E-state index contributed by atoms with van der Waals surface area (Å²) in [6.45, 7) is 10.5. The Kier molecular flexibility index (Phi) is 6.58. The van der Waals surface area contributed by atoms with Crippen molar-refractivity contribution in [1.29, 1.82) is 0 Å². The van der Waals surface area contributed by atoms with Crippen molar-refractivity contribution in [3.63, 3.8) is 0 Å². The van der Waals surface area contributed by atoms with Gasteiger partial charge in [0.1, 0.15) is 11.5 Å². The first-order valence-corrected chi connectivity index (χ1v) is 9.27. The van der Waals surface area contributed by atoms with Crippen LogP contribution in [0.2, 0.25) is 5.02 Å². The van der Waals surface area contributed by atoms with Crippen LogP contribution in [0.25, 0.3) is 11.3 Å². The topological polar surface area (TPSA) is 38.9 Å². The van der Waals surface area contributed by atoms with Crippen molar-refractivity contribution in [2.45, 2.75) is 46.5 Å². The van der Waals surface area contributed by atoms with E-state index in [1.54, 1.807) is 11.3 Å². The quantitative estimate of drug-likeness (QED) is 0.520. The molecule has 0 atom stereocenters. The number of halogens is 1. The van der Waals surface area contributed by atoms with Gasteiger partial charge in [-0.1, -0.05) is 62.7 Å². The van der Waals surface area contributed by atoms with Gasteiger partial charge in [0.2, 0.25) is 0 Å². The minimum absolute atomic E-state index is 0.341. The molecule has 0 radical (unpaired) electrons. The van der Waals surface area contributed by atoms with E-state index in [1.807, 2.05) is 37.3 Å². The van der Waals surface area contributed by atoms with Gasteiger partial charge in [0.15, 0.2) is 0 Å². The van der Waals surface area contributed by atoms with Gasteiger partial charge in [-0.25, -0.2) is 4.98 Å². The van der Waals surface area contributed by atoms with E-state index >= 15 is 0 Å². The Labute approximate surface area is 152 Å². The molecule has 128 valence electrons. The molecular formula is C19H23ClN2OS. The first-order chi connectivity index (χ1) is 11.4. The number of thiazole rings is 1. The minimum atomic E-state index is 0.341. The van der Waals surface area contributed by atoms with E-state index in [-0.39, 0.29) is 0 Å². The summed E-state index contributed by atoms with van der Waals surface area (Å²) < 4.78 is 5.23. The lowest BCUT2D eigenvalue weighted by molar-refractivity contribution is 0.373. The minimum Gasteiger partial charge on any atom is -0.361 e. The van der Waals surface area contributed by atoms with Crippen LogP contribution in [0.15, 0.2) is 40.2 Å². The maximum atomic E-state index is 6.07. The third-order valence-corrected chi connectivity index (χ3v) is 4.97. The maximum Gasteiger partial charge on any atom is 0.139 e.